The van der Waals surface area contributed by atoms with E-state index in [1.54, 1.807) is 11.3 Å². The Morgan fingerprint density at radius 3 is 2.77 bits per heavy atom. The molecule has 0 saturated carbocycles. The number of thiophene rings is 1. The van der Waals surface area contributed by atoms with Gasteiger partial charge in [0, 0.05) is 26.7 Å². The molecule has 1 N–H and O–H groups in total. The van der Waals surface area contributed by atoms with Crippen LogP contribution in [0, 0.1) is 0 Å². The maximum absolute atomic E-state index is 3.61. The minimum absolute atomic E-state index is 0.275. The van der Waals surface area contributed by atoms with Gasteiger partial charge in [-0.3, -0.25) is 5.32 Å². The van der Waals surface area contributed by atoms with Crippen LogP contribution in [-0.2, 0) is 0 Å². The molecule has 13 heavy (non-hydrogen) atoms. The molecule has 0 amide bonds. The van der Waals surface area contributed by atoms with Crippen molar-refractivity contribution in [1.82, 2.24) is 5.32 Å². The summed E-state index contributed by atoms with van der Waals surface area (Å²) in [6, 6.07) is 0. The van der Waals surface area contributed by atoms with Crippen molar-refractivity contribution < 1.29 is 0 Å². The lowest BCUT2D eigenvalue weighted by Crippen LogP contribution is -2.35. The summed E-state index contributed by atoms with van der Waals surface area (Å²) in [5, 5.41) is 8.44. The van der Waals surface area contributed by atoms with E-state index < -0.39 is 0 Å². The fraction of sp³-hybridized carbons (Fsp3) is 0.556. The topological polar surface area (TPSA) is 12.0 Å². The Bertz CT molecular complexity index is 308. The van der Waals surface area contributed by atoms with Crippen molar-refractivity contribution in [2.24, 2.45) is 0 Å². The van der Waals surface area contributed by atoms with E-state index in [4.69, 9.17) is 0 Å². The van der Waals surface area contributed by atoms with E-state index in [0.717, 1.165) is 0 Å². The summed E-state index contributed by atoms with van der Waals surface area (Å²) in [7, 11) is 0. The Labute approximate surface area is 95.4 Å². The largest absolute Gasteiger partial charge is 0.296 e. The van der Waals surface area contributed by atoms with Crippen LogP contribution in [0.2, 0.25) is 0 Å². The minimum atomic E-state index is 0.275. The summed E-state index contributed by atoms with van der Waals surface area (Å²) in [4.78, 5) is 0. The fourth-order valence-electron chi connectivity index (χ4n) is 1.38. The monoisotopic (exact) mass is 277 g/mol. The van der Waals surface area contributed by atoms with E-state index in [1.807, 2.05) is 11.8 Å². The summed E-state index contributed by atoms with van der Waals surface area (Å²) >= 11 is 7.31. The molecule has 0 bridgehead atoms. The molecule has 72 valence electrons. The molecule has 1 aliphatic rings. The van der Waals surface area contributed by atoms with E-state index in [1.165, 1.54) is 15.8 Å². The molecule has 1 unspecified atom stereocenters. The average molecular weight is 278 g/mol. The zero-order valence-corrected chi connectivity index (χ0v) is 10.9. The third-order valence-corrected chi connectivity index (χ3v) is 5.40. The second-order valence-electron chi connectivity index (χ2n) is 3.89. The maximum atomic E-state index is 3.61. The van der Waals surface area contributed by atoms with Crippen LogP contribution in [-0.4, -0.2) is 11.3 Å². The minimum Gasteiger partial charge on any atom is -0.296 e. The number of hydrogen-bond donors (Lipinski definition) is 1. The van der Waals surface area contributed by atoms with Gasteiger partial charge in [0.25, 0.3) is 0 Å². The molecule has 2 heterocycles. The highest BCUT2D eigenvalue weighted by molar-refractivity contribution is 9.10. The summed E-state index contributed by atoms with van der Waals surface area (Å²) in [5.74, 6) is 1.18. The average Bonchev–Trinajstić information content (AvgIpc) is 2.56. The van der Waals surface area contributed by atoms with E-state index >= 15 is 0 Å². The van der Waals surface area contributed by atoms with E-state index in [2.05, 4.69) is 45.9 Å². The van der Waals surface area contributed by atoms with Gasteiger partial charge < -0.3 is 0 Å². The number of hydrogen-bond acceptors (Lipinski definition) is 3. The molecule has 2 rings (SSSR count). The molecule has 1 aliphatic heterocycles. The van der Waals surface area contributed by atoms with E-state index in [0.29, 0.717) is 5.37 Å². The van der Waals surface area contributed by atoms with Gasteiger partial charge in [0.05, 0.1) is 5.37 Å². The molecule has 1 aromatic rings. The number of thioether (sulfide) groups is 1. The second-order valence-corrected chi connectivity index (χ2v) is 6.59. The van der Waals surface area contributed by atoms with Crippen molar-refractivity contribution in [2.75, 3.05) is 5.75 Å². The van der Waals surface area contributed by atoms with E-state index in [-0.39, 0.29) is 5.54 Å². The molecule has 1 atom stereocenters. The first-order chi connectivity index (χ1) is 6.08. The lowest BCUT2D eigenvalue weighted by atomic mass is 10.1. The Hall–Kier alpha value is 0.490. The van der Waals surface area contributed by atoms with Crippen molar-refractivity contribution >= 4 is 39.0 Å². The predicted octanol–water partition coefficient (Wildman–Crippen LogP) is 3.62. The van der Waals surface area contributed by atoms with Gasteiger partial charge in [-0.2, -0.15) is 11.3 Å². The molecule has 1 aromatic heterocycles. The third-order valence-electron chi connectivity index (χ3n) is 2.06. The third kappa shape index (κ3) is 2.12. The number of nitrogens with one attached hydrogen (secondary N) is 1. The molecule has 1 fully saturated rings. The Morgan fingerprint density at radius 1 is 1.54 bits per heavy atom. The Balaban J connectivity index is 2.17. The van der Waals surface area contributed by atoms with Gasteiger partial charge in [-0.15, -0.1) is 11.8 Å². The zero-order valence-electron chi connectivity index (χ0n) is 7.63. The molecular weight excluding hydrogens is 266 g/mol. The van der Waals surface area contributed by atoms with Crippen LogP contribution in [0.15, 0.2) is 15.2 Å². The molecule has 0 radical (unpaired) electrons. The van der Waals surface area contributed by atoms with Crippen LogP contribution in [0.3, 0.4) is 0 Å². The van der Waals surface area contributed by atoms with Crippen LogP contribution in [0.4, 0.5) is 0 Å². The van der Waals surface area contributed by atoms with Gasteiger partial charge in [0.2, 0.25) is 0 Å². The second kappa shape index (κ2) is 3.57. The van der Waals surface area contributed by atoms with Gasteiger partial charge in [0.15, 0.2) is 0 Å². The van der Waals surface area contributed by atoms with Crippen molar-refractivity contribution in [3.8, 4) is 0 Å². The highest BCUT2D eigenvalue weighted by Crippen LogP contribution is 2.41. The van der Waals surface area contributed by atoms with Crippen LogP contribution in [0.25, 0.3) is 0 Å². The predicted molar refractivity (Wildman–Crippen MR) is 64.4 cm³/mol. The Kier molecular flexibility index (Phi) is 2.75. The SMILES string of the molecule is CC1(C)CSC(c2cscc2Br)N1. The standard InChI is InChI=1S/C9H12BrNS2/c1-9(2)5-13-8(11-9)6-3-12-4-7(6)10/h3-4,8,11H,5H2,1-2H3. The number of halogens is 1. The van der Waals surface area contributed by atoms with Crippen molar-refractivity contribution in [1.29, 1.82) is 0 Å². The van der Waals surface area contributed by atoms with Crippen LogP contribution in [0.5, 0.6) is 0 Å². The summed E-state index contributed by atoms with van der Waals surface area (Å²) in [6.07, 6.45) is 0. The van der Waals surface area contributed by atoms with Gasteiger partial charge in [-0.05, 0) is 35.2 Å². The molecule has 1 saturated heterocycles. The summed E-state index contributed by atoms with van der Waals surface area (Å²) in [5.41, 5.74) is 1.66. The van der Waals surface area contributed by atoms with Crippen LogP contribution >= 0.6 is 39.0 Å². The molecule has 0 aliphatic carbocycles. The van der Waals surface area contributed by atoms with Crippen LogP contribution in [0.1, 0.15) is 24.8 Å². The summed E-state index contributed by atoms with van der Waals surface area (Å²) in [6.45, 7) is 4.50. The highest BCUT2D eigenvalue weighted by Gasteiger charge is 2.32. The molecular formula is C9H12BrNS2. The van der Waals surface area contributed by atoms with Gasteiger partial charge >= 0.3 is 0 Å². The molecule has 4 heteroatoms. The van der Waals surface area contributed by atoms with Crippen molar-refractivity contribution in [2.45, 2.75) is 24.8 Å². The number of rotatable bonds is 1. The normalized spacial score (nSPS) is 26.5. The van der Waals surface area contributed by atoms with Gasteiger partial charge in [0.1, 0.15) is 0 Å². The first-order valence-electron chi connectivity index (χ1n) is 4.19. The van der Waals surface area contributed by atoms with Gasteiger partial charge in [-0.25, -0.2) is 0 Å². The summed E-state index contributed by atoms with van der Waals surface area (Å²) < 4.78 is 1.24. The van der Waals surface area contributed by atoms with Gasteiger partial charge in [-0.1, -0.05) is 0 Å². The van der Waals surface area contributed by atoms with Crippen LogP contribution < -0.4 is 5.32 Å². The lowest BCUT2D eigenvalue weighted by molar-refractivity contribution is 0.452. The highest BCUT2D eigenvalue weighted by atomic mass is 79.9. The fourth-order valence-corrected chi connectivity index (χ4v) is 4.61. The molecule has 0 spiro atoms. The van der Waals surface area contributed by atoms with E-state index in [9.17, 15) is 0 Å². The van der Waals surface area contributed by atoms with Crippen molar-refractivity contribution in [3.05, 3.63) is 20.8 Å². The molecule has 1 nitrogen and oxygen atoms in total. The molecule has 0 aromatic carbocycles. The zero-order chi connectivity index (χ0) is 9.47. The first-order valence-corrected chi connectivity index (χ1v) is 6.98. The maximum Gasteiger partial charge on any atom is 0.0813 e. The van der Waals surface area contributed by atoms with Crippen molar-refractivity contribution in [3.63, 3.8) is 0 Å². The Morgan fingerprint density at radius 2 is 2.31 bits per heavy atom. The smallest absolute Gasteiger partial charge is 0.0813 e. The first kappa shape index (κ1) is 10.0. The lowest BCUT2D eigenvalue weighted by Gasteiger charge is -2.18. The quantitative estimate of drug-likeness (QED) is 0.842.